The predicted octanol–water partition coefficient (Wildman–Crippen LogP) is 4.84. The van der Waals surface area contributed by atoms with Crippen molar-refractivity contribution in [1.29, 1.82) is 0 Å². The Morgan fingerprint density at radius 3 is 2.58 bits per heavy atom. The third kappa shape index (κ3) is 2.99. The summed E-state index contributed by atoms with van der Waals surface area (Å²) in [7, 11) is 0. The molecular formula is C18H18ClN3O2. The van der Waals surface area contributed by atoms with E-state index in [-0.39, 0.29) is 5.28 Å². The Hall–Kier alpha value is -2.40. The minimum atomic E-state index is -0.576. The molecule has 3 rings (SSSR count). The van der Waals surface area contributed by atoms with E-state index in [2.05, 4.69) is 9.97 Å². The molecule has 0 spiro atoms. The topological polar surface area (TPSA) is 57.0 Å². The van der Waals surface area contributed by atoms with Gasteiger partial charge in [-0.3, -0.25) is 0 Å². The number of nitrogens with zero attached hydrogens (tertiary/aromatic N) is 3. The monoisotopic (exact) mass is 343 g/mol. The van der Waals surface area contributed by atoms with E-state index in [1.807, 2.05) is 52.0 Å². The second-order valence-corrected chi connectivity index (χ2v) is 6.84. The standard InChI is InChI=1S/C18H18ClN3O2/c1-11-15(13-9-10-20-16(19)21-13)12-7-5-6-8-14(12)22(11)17(23)24-18(2,3)4/h5-10H,1-4H3. The van der Waals surface area contributed by atoms with Gasteiger partial charge in [-0.2, -0.15) is 0 Å². The summed E-state index contributed by atoms with van der Waals surface area (Å²) in [4.78, 5) is 20.9. The lowest BCUT2D eigenvalue weighted by atomic mass is 10.1. The van der Waals surface area contributed by atoms with Gasteiger partial charge in [-0.1, -0.05) is 18.2 Å². The van der Waals surface area contributed by atoms with Crippen molar-refractivity contribution in [2.75, 3.05) is 0 Å². The molecule has 0 bridgehead atoms. The van der Waals surface area contributed by atoms with Crippen LogP contribution in [0.1, 0.15) is 26.5 Å². The first-order valence-electron chi connectivity index (χ1n) is 7.60. The minimum absolute atomic E-state index is 0.168. The molecular weight excluding hydrogens is 326 g/mol. The first-order chi connectivity index (χ1) is 11.3. The molecule has 0 aliphatic rings. The second-order valence-electron chi connectivity index (χ2n) is 6.50. The molecule has 0 unspecified atom stereocenters. The van der Waals surface area contributed by atoms with E-state index in [4.69, 9.17) is 16.3 Å². The summed E-state index contributed by atoms with van der Waals surface area (Å²) < 4.78 is 7.13. The van der Waals surface area contributed by atoms with E-state index in [1.165, 1.54) is 0 Å². The number of carbonyl (C=O) groups is 1. The van der Waals surface area contributed by atoms with Gasteiger partial charge < -0.3 is 4.74 Å². The van der Waals surface area contributed by atoms with Gasteiger partial charge in [0.05, 0.1) is 11.2 Å². The fourth-order valence-corrected chi connectivity index (χ4v) is 2.86. The van der Waals surface area contributed by atoms with Crippen LogP contribution in [-0.4, -0.2) is 26.2 Å². The number of hydrogen-bond acceptors (Lipinski definition) is 4. The smallest absolute Gasteiger partial charge is 0.419 e. The van der Waals surface area contributed by atoms with E-state index in [9.17, 15) is 4.79 Å². The van der Waals surface area contributed by atoms with Crippen molar-refractivity contribution in [3.8, 4) is 11.3 Å². The SMILES string of the molecule is Cc1c(-c2ccnc(Cl)n2)c2ccccc2n1C(=O)OC(C)(C)C. The molecule has 5 nitrogen and oxygen atoms in total. The minimum Gasteiger partial charge on any atom is -0.443 e. The normalized spacial score (nSPS) is 11.7. The molecule has 3 aromatic rings. The highest BCUT2D eigenvalue weighted by Crippen LogP contribution is 2.34. The lowest BCUT2D eigenvalue weighted by Gasteiger charge is -2.20. The van der Waals surface area contributed by atoms with Crippen molar-refractivity contribution in [2.45, 2.75) is 33.3 Å². The molecule has 0 saturated carbocycles. The van der Waals surface area contributed by atoms with Gasteiger partial charge in [0.1, 0.15) is 5.60 Å². The lowest BCUT2D eigenvalue weighted by molar-refractivity contribution is 0.0542. The van der Waals surface area contributed by atoms with Crippen LogP contribution in [0.3, 0.4) is 0 Å². The van der Waals surface area contributed by atoms with Gasteiger partial charge in [0, 0.05) is 22.8 Å². The number of aromatic nitrogens is 3. The summed E-state index contributed by atoms with van der Waals surface area (Å²) in [6.45, 7) is 7.40. The summed E-state index contributed by atoms with van der Waals surface area (Å²) in [6.07, 6.45) is 1.19. The lowest BCUT2D eigenvalue weighted by Crippen LogP contribution is -2.27. The molecule has 2 heterocycles. The Labute approximate surface area is 145 Å². The van der Waals surface area contributed by atoms with Crippen molar-refractivity contribution in [2.24, 2.45) is 0 Å². The molecule has 0 aliphatic heterocycles. The summed E-state index contributed by atoms with van der Waals surface area (Å²) in [5.41, 5.74) is 2.47. The highest BCUT2D eigenvalue weighted by Gasteiger charge is 2.24. The predicted molar refractivity (Wildman–Crippen MR) is 94.3 cm³/mol. The molecule has 0 fully saturated rings. The van der Waals surface area contributed by atoms with E-state index >= 15 is 0 Å². The van der Waals surface area contributed by atoms with Gasteiger partial charge in [0.2, 0.25) is 5.28 Å². The molecule has 0 radical (unpaired) electrons. The average Bonchev–Trinajstić information content (AvgIpc) is 2.77. The van der Waals surface area contributed by atoms with Crippen LogP contribution >= 0.6 is 11.6 Å². The van der Waals surface area contributed by atoms with Gasteiger partial charge in [0.25, 0.3) is 0 Å². The van der Waals surface area contributed by atoms with Crippen molar-refractivity contribution in [3.63, 3.8) is 0 Å². The largest absolute Gasteiger partial charge is 0.443 e. The maximum atomic E-state index is 12.7. The molecule has 124 valence electrons. The highest BCUT2D eigenvalue weighted by molar-refractivity contribution is 6.28. The summed E-state index contributed by atoms with van der Waals surface area (Å²) in [5.74, 6) is 0. The number of fused-ring (bicyclic) bond motifs is 1. The van der Waals surface area contributed by atoms with Crippen LogP contribution in [0, 0.1) is 6.92 Å². The zero-order valence-electron chi connectivity index (χ0n) is 14.0. The van der Waals surface area contributed by atoms with Crippen LogP contribution in [0.2, 0.25) is 5.28 Å². The number of benzene rings is 1. The zero-order valence-corrected chi connectivity index (χ0v) is 14.8. The molecule has 0 aliphatic carbocycles. The number of halogens is 1. The number of para-hydroxylation sites is 1. The number of carbonyl (C=O) groups excluding carboxylic acids is 1. The van der Waals surface area contributed by atoms with Crippen molar-refractivity contribution in [1.82, 2.24) is 14.5 Å². The molecule has 1 aromatic carbocycles. The van der Waals surface area contributed by atoms with Gasteiger partial charge >= 0.3 is 6.09 Å². The molecule has 0 atom stereocenters. The Kier molecular flexibility index (Phi) is 4.05. The quantitative estimate of drug-likeness (QED) is 0.593. The van der Waals surface area contributed by atoms with Crippen molar-refractivity contribution in [3.05, 3.63) is 47.5 Å². The highest BCUT2D eigenvalue weighted by atomic mass is 35.5. The number of hydrogen-bond donors (Lipinski definition) is 0. The molecule has 24 heavy (non-hydrogen) atoms. The number of rotatable bonds is 1. The Balaban J connectivity index is 2.25. The zero-order chi connectivity index (χ0) is 17.5. The van der Waals surface area contributed by atoms with E-state index < -0.39 is 11.7 Å². The fourth-order valence-electron chi connectivity index (χ4n) is 2.71. The maximum Gasteiger partial charge on any atom is 0.419 e. The van der Waals surface area contributed by atoms with E-state index in [0.717, 1.165) is 22.2 Å². The molecule has 0 saturated heterocycles. The Morgan fingerprint density at radius 2 is 1.92 bits per heavy atom. The van der Waals surface area contributed by atoms with Crippen LogP contribution in [0.25, 0.3) is 22.2 Å². The molecule has 0 N–H and O–H groups in total. The summed E-state index contributed by atoms with van der Waals surface area (Å²) in [6, 6.07) is 9.43. The molecule has 0 amide bonds. The van der Waals surface area contributed by atoms with Crippen LogP contribution in [0.5, 0.6) is 0 Å². The third-order valence-corrected chi connectivity index (χ3v) is 3.75. The Bertz CT molecular complexity index is 926. The van der Waals surface area contributed by atoms with Crippen molar-refractivity contribution >= 4 is 28.6 Å². The van der Waals surface area contributed by atoms with Gasteiger partial charge in [-0.15, -0.1) is 0 Å². The number of ether oxygens (including phenoxy) is 1. The van der Waals surface area contributed by atoms with Crippen LogP contribution in [-0.2, 0) is 4.74 Å². The van der Waals surface area contributed by atoms with Crippen LogP contribution in [0.4, 0.5) is 4.79 Å². The first-order valence-corrected chi connectivity index (χ1v) is 7.98. The van der Waals surface area contributed by atoms with Crippen LogP contribution < -0.4 is 0 Å². The van der Waals surface area contributed by atoms with Crippen molar-refractivity contribution < 1.29 is 9.53 Å². The fraction of sp³-hybridized carbons (Fsp3) is 0.278. The van der Waals surface area contributed by atoms with Gasteiger partial charge in [-0.05, 0) is 51.4 Å². The molecule has 6 heteroatoms. The maximum absolute atomic E-state index is 12.7. The van der Waals surface area contributed by atoms with Crippen LogP contribution in [0.15, 0.2) is 36.5 Å². The molecule has 2 aromatic heterocycles. The van der Waals surface area contributed by atoms with Gasteiger partial charge in [0.15, 0.2) is 0 Å². The third-order valence-electron chi connectivity index (χ3n) is 3.57. The average molecular weight is 344 g/mol. The van der Waals surface area contributed by atoms with E-state index in [1.54, 1.807) is 16.8 Å². The van der Waals surface area contributed by atoms with Gasteiger partial charge in [-0.25, -0.2) is 19.3 Å². The summed E-state index contributed by atoms with van der Waals surface area (Å²) in [5, 5.41) is 1.08. The Morgan fingerprint density at radius 1 is 1.21 bits per heavy atom. The van der Waals surface area contributed by atoms with E-state index in [0.29, 0.717) is 5.69 Å². The second kappa shape index (κ2) is 5.91. The first kappa shape index (κ1) is 16.5. The summed E-state index contributed by atoms with van der Waals surface area (Å²) >= 11 is 5.93.